The fourth-order valence-electron chi connectivity index (χ4n) is 3.39. The number of likely N-dealkylation sites (tertiary alicyclic amines) is 1. The van der Waals surface area contributed by atoms with Crippen molar-refractivity contribution in [3.05, 3.63) is 45.7 Å². The quantitative estimate of drug-likeness (QED) is 0.826. The molecule has 0 saturated carbocycles. The van der Waals surface area contributed by atoms with Gasteiger partial charge in [0.15, 0.2) is 5.01 Å². The summed E-state index contributed by atoms with van der Waals surface area (Å²) < 4.78 is 0. The molecule has 0 spiro atoms. The first-order valence-corrected chi connectivity index (χ1v) is 9.51. The monoisotopic (exact) mass is 356 g/mol. The van der Waals surface area contributed by atoms with Crippen molar-refractivity contribution < 1.29 is 9.59 Å². The van der Waals surface area contributed by atoms with E-state index in [1.807, 2.05) is 9.80 Å². The van der Waals surface area contributed by atoms with E-state index in [1.54, 1.807) is 24.5 Å². The smallest absolute Gasteiger partial charge is 0.282 e. The van der Waals surface area contributed by atoms with Gasteiger partial charge >= 0.3 is 0 Å². The van der Waals surface area contributed by atoms with Gasteiger partial charge in [-0.05, 0) is 25.0 Å². The Morgan fingerprint density at radius 1 is 1.00 bits per heavy atom. The Balaban J connectivity index is 1.45. The molecule has 4 rings (SSSR count). The van der Waals surface area contributed by atoms with Gasteiger partial charge in [0.05, 0.1) is 11.3 Å². The lowest BCUT2D eigenvalue weighted by Crippen LogP contribution is -2.33. The Labute approximate surface area is 150 Å². The molecule has 0 bridgehead atoms. The number of hydrogen-bond acceptors (Lipinski definition) is 5. The van der Waals surface area contributed by atoms with Crippen LogP contribution in [0.5, 0.6) is 0 Å². The molecule has 2 amide bonds. The molecule has 6 nitrogen and oxygen atoms in total. The van der Waals surface area contributed by atoms with Gasteiger partial charge in [-0.15, -0.1) is 11.3 Å². The fourth-order valence-corrected chi connectivity index (χ4v) is 4.45. The number of amides is 2. The minimum atomic E-state index is 0.0108. The summed E-state index contributed by atoms with van der Waals surface area (Å²) in [5.41, 5.74) is 1.60. The molecule has 2 aromatic rings. The Kier molecular flexibility index (Phi) is 4.48. The molecule has 0 radical (unpaired) electrons. The highest BCUT2D eigenvalue weighted by Gasteiger charge is 2.27. The standard InChI is InChI=1S/C18H20N4O2S/c23-17(13-4-3-7-19-12-13)22-10-5-14-15(6-11-22)25-16(20-14)18(24)21-8-1-2-9-21/h3-4,7,12H,1-2,5-6,8-11H2. The van der Waals surface area contributed by atoms with E-state index < -0.39 is 0 Å². The van der Waals surface area contributed by atoms with Crippen LogP contribution >= 0.6 is 11.3 Å². The summed E-state index contributed by atoms with van der Waals surface area (Å²) >= 11 is 1.50. The largest absolute Gasteiger partial charge is 0.338 e. The predicted octanol–water partition coefficient (Wildman–Crippen LogP) is 2.02. The van der Waals surface area contributed by atoms with E-state index in [0.29, 0.717) is 30.1 Å². The first-order valence-electron chi connectivity index (χ1n) is 8.69. The van der Waals surface area contributed by atoms with Crippen molar-refractivity contribution in [1.82, 2.24) is 19.8 Å². The average Bonchev–Trinajstić information content (AvgIpc) is 3.28. The molecule has 130 valence electrons. The highest BCUT2D eigenvalue weighted by Crippen LogP contribution is 2.25. The normalized spacial score (nSPS) is 17.3. The molecule has 25 heavy (non-hydrogen) atoms. The SMILES string of the molecule is O=C(c1cccnc1)N1CCc2nc(C(=O)N3CCCC3)sc2CC1. The van der Waals surface area contributed by atoms with Crippen molar-refractivity contribution in [3.63, 3.8) is 0 Å². The van der Waals surface area contributed by atoms with Crippen molar-refractivity contribution in [2.45, 2.75) is 25.7 Å². The van der Waals surface area contributed by atoms with Crippen LogP contribution in [0.4, 0.5) is 0 Å². The Hall–Kier alpha value is -2.28. The van der Waals surface area contributed by atoms with Gasteiger partial charge in [0, 0.05) is 56.3 Å². The maximum absolute atomic E-state index is 12.6. The predicted molar refractivity (Wildman–Crippen MR) is 94.8 cm³/mol. The van der Waals surface area contributed by atoms with Crippen LogP contribution in [0.15, 0.2) is 24.5 Å². The van der Waals surface area contributed by atoms with Crippen molar-refractivity contribution in [2.75, 3.05) is 26.2 Å². The number of hydrogen-bond donors (Lipinski definition) is 0. The molecule has 2 aliphatic rings. The first kappa shape index (κ1) is 16.2. The van der Waals surface area contributed by atoms with E-state index in [4.69, 9.17) is 0 Å². The molecule has 1 saturated heterocycles. The molecule has 7 heteroatoms. The van der Waals surface area contributed by atoms with Crippen LogP contribution in [0, 0.1) is 0 Å². The van der Waals surface area contributed by atoms with Crippen LogP contribution in [-0.2, 0) is 12.8 Å². The first-order chi connectivity index (χ1) is 12.2. The second-order valence-electron chi connectivity index (χ2n) is 6.42. The van der Waals surface area contributed by atoms with Gasteiger partial charge in [0.2, 0.25) is 0 Å². The van der Waals surface area contributed by atoms with E-state index in [0.717, 1.165) is 42.9 Å². The molecule has 0 aliphatic carbocycles. The Morgan fingerprint density at radius 2 is 1.76 bits per heavy atom. The van der Waals surface area contributed by atoms with Crippen molar-refractivity contribution in [2.24, 2.45) is 0 Å². The van der Waals surface area contributed by atoms with Gasteiger partial charge in [-0.25, -0.2) is 4.98 Å². The number of aromatic nitrogens is 2. The summed E-state index contributed by atoms with van der Waals surface area (Å²) in [5.74, 6) is 0.0792. The Morgan fingerprint density at radius 3 is 2.52 bits per heavy atom. The average molecular weight is 356 g/mol. The summed E-state index contributed by atoms with van der Waals surface area (Å²) in [6.45, 7) is 2.97. The maximum atomic E-state index is 12.6. The van der Waals surface area contributed by atoms with Crippen LogP contribution in [0.25, 0.3) is 0 Å². The molecule has 0 aromatic carbocycles. The lowest BCUT2D eigenvalue weighted by Gasteiger charge is -2.20. The highest BCUT2D eigenvalue weighted by atomic mass is 32.1. The molecular weight excluding hydrogens is 336 g/mol. The van der Waals surface area contributed by atoms with Crippen molar-refractivity contribution in [3.8, 4) is 0 Å². The third-order valence-electron chi connectivity index (χ3n) is 4.78. The van der Waals surface area contributed by atoms with Gasteiger partial charge in [0.1, 0.15) is 0 Å². The van der Waals surface area contributed by atoms with E-state index in [2.05, 4.69) is 9.97 Å². The molecule has 2 aliphatic heterocycles. The lowest BCUT2D eigenvalue weighted by molar-refractivity contribution is 0.0759. The second kappa shape index (κ2) is 6.92. The summed E-state index contributed by atoms with van der Waals surface area (Å²) in [6.07, 6.45) is 6.90. The van der Waals surface area contributed by atoms with Crippen molar-refractivity contribution in [1.29, 1.82) is 0 Å². The van der Waals surface area contributed by atoms with Crippen LogP contribution in [0.3, 0.4) is 0 Å². The van der Waals surface area contributed by atoms with Gasteiger partial charge in [0.25, 0.3) is 11.8 Å². The highest BCUT2D eigenvalue weighted by molar-refractivity contribution is 7.13. The van der Waals surface area contributed by atoms with Crippen LogP contribution in [0.2, 0.25) is 0 Å². The minimum absolute atomic E-state index is 0.0108. The van der Waals surface area contributed by atoms with Gasteiger partial charge < -0.3 is 9.80 Å². The zero-order chi connectivity index (χ0) is 17.2. The number of rotatable bonds is 2. The summed E-state index contributed by atoms with van der Waals surface area (Å²) in [4.78, 5) is 38.6. The third-order valence-corrected chi connectivity index (χ3v) is 5.92. The Bertz CT molecular complexity index is 758. The van der Waals surface area contributed by atoms with Crippen LogP contribution in [0.1, 0.15) is 43.6 Å². The molecular formula is C18H20N4O2S. The maximum Gasteiger partial charge on any atom is 0.282 e. The number of carbonyl (C=O) groups excluding carboxylic acids is 2. The number of nitrogens with zero attached hydrogens (tertiary/aromatic N) is 4. The van der Waals surface area contributed by atoms with Crippen molar-refractivity contribution >= 4 is 23.2 Å². The van der Waals surface area contributed by atoms with Crippen LogP contribution in [-0.4, -0.2) is 57.8 Å². The summed E-state index contributed by atoms with van der Waals surface area (Å²) in [6, 6.07) is 3.57. The molecule has 2 aromatic heterocycles. The van der Waals surface area contributed by atoms with Crippen LogP contribution < -0.4 is 0 Å². The molecule has 4 heterocycles. The lowest BCUT2D eigenvalue weighted by atomic mass is 10.2. The minimum Gasteiger partial charge on any atom is -0.338 e. The fraction of sp³-hybridized carbons (Fsp3) is 0.444. The molecule has 0 unspecified atom stereocenters. The molecule has 0 atom stereocenters. The van der Waals surface area contributed by atoms with Gasteiger partial charge in [-0.3, -0.25) is 14.6 Å². The number of thiazole rings is 1. The number of pyridine rings is 1. The second-order valence-corrected chi connectivity index (χ2v) is 7.51. The van der Waals surface area contributed by atoms with E-state index in [-0.39, 0.29) is 11.8 Å². The molecule has 1 fully saturated rings. The number of carbonyl (C=O) groups is 2. The van der Waals surface area contributed by atoms with E-state index in [1.165, 1.54) is 11.3 Å². The van der Waals surface area contributed by atoms with Gasteiger partial charge in [-0.1, -0.05) is 0 Å². The third kappa shape index (κ3) is 3.28. The zero-order valence-corrected chi connectivity index (χ0v) is 14.8. The zero-order valence-electron chi connectivity index (χ0n) is 14.0. The number of fused-ring (bicyclic) bond motifs is 1. The molecule has 0 N–H and O–H groups in total. The topological polar surface area (TPSA) is 66.4 Å². The summed E-state index contributed by atoms with van der Waals surface area (Å²) in [7, 11) is 0. The van der Waals surface area contributed by atoms with Gasteiger partial charge in [-0.2, -0.15) is 0 Å². The summed E-state index contributed by atoms with van der Waals surface area (Å²) in [5, 5.41) is 0.610. The van der Waals surface area contributed by atoms with E-state index in [9.17, 15) is 9.59 Å². The van der Waals surface area contributed by atoms with E-state index >= 15 is 0 Å².